The number of hydrogen-bond donors (Lipinski definition) is 1. The largest absolute Gasteiger partial charge is 0.337 e. The Labute approximate surface area is 156 Å². The molecule has 27 heavy (non-hydrogen) atoms. The molecule has 4 rings (SSSR count). The Bertz CT molecular complexity index is 879. The van der Waals surface area contributed by atoms with Gasteiger partial charge in [-0.2, -0.15) is 0 Å². The predicted octanol–water partition coefficient (Wildman–Crippen LogP) is 1.97. The van der Waals surface area contributed by atoms with Gasteiger partial charge in [-0.25, -0.2) is 19.9 Å². The van der Waals surface area contributed by atoms with Gasteiger partial charge in [0.05, 0.1) is 5.56 Å². The molecular formula is C19H19N7O. The lowest BCUT2D eigenvalue weighted by Crippen LogP contribution is -2.49. The molecule has 1 amide bonds. The van der Waals surface area contributed by atoms with Crippen molar-refractivity contribution < 1.29 is 4.79 Å². The first-order valence-corrected chi connectivity index (χ1v) is 8.75. The fraction of sp³-hybridized carbons (Fsp3) is 0.211. The molecule has 0 unspecified atom stereocenters. The van der Waals surface area contributed by atoms with E-state index in [1.807, 2.05) is 35.2 Å². The standard InChI is InChI=1S/C19H19N7O/c27-17(25-9-11-26(12-10-25)19-20-7-4-8-21-19)15-13-22-18(23-14-15)24-16-5-2-1-3-6-16/h1-8,13-14H,9-12H2,(H,22,23,24). The van der Waals surface area contributed by atoms with Crippen molar-refractivity contribution in [1.82, 2.24) is 24.8 Å². The van der Waals surface area contributed by atoms with Crippen molar-refractivity contribution in [3.05, 3.63) is 66.7 Å². The van der Waals surface area contributed by atoms with E-state index in [0.29, 0.717) is 43.6 Å². The molecule has 1 N–H and O–H groups in total. The molecule has 1 aromatic carbocycles. The van der Waals surface area contributed by atoms with E-state index in [-0.39, 0.29) is 5.91 Å². The van der Waals surface area contributed by atoms with Gasteiger partial charge in [0, 0.05) is 56.7 Å². The second kappa shape index (κ2) is 7.77. The minimum Gasteiger partial charge on any atom is -0.337 e. The van der Waals surface area contributed by atoms with Gasteiger partial charge in [0.1, 0.15) is 0 Å². The molecule has 3 heterocycles. The summed E-state index contributed by atoms with van der Waals surface area (Å²) in [6, 6.07) is 11.5. The van der Waals surface area contributed by atoms with Gasteiger partial charge in [0.15, 0.2) is 0 Å². The average Bonchev–Trinajstić information content (AvgIpc) is 2.75. The lowest BCUT2D eigenvalue weighted by molar-refractivity contribution is 0.0745. The fourth-order valence-electron chi connectivity index (χ4n) is 2.90. The maximum absolute atomic E-state index is 12.7. The molecule has 2 aromatic heterocycles. The van der Waals surface area contributed by atoms with Gasteiger partial charge in [0.2, 0.25) is 11.9 Å². The van der Waals surface area contributed by atoms with E-state index in [9.17, 15) is 4.79 Å². The molecule has 136 valence electrons. The highest BCUT2D eigenvalue weighted by atomic mass is 16.2. The van der Waals surface area contributed by atoms with E-state index in [1.54, 1.807) is 30.9 Å². The number of nitrogens with one attached hydrogen (secondary N) is 1. The number of nitrogens with zero attached hydrogens (tertiary/aromatic N) is 6. The van der Waals surface area contributed by atoms with Crippen LogP contribution in [0.4, 0.5) is 17.6 Å². The van der Waals surface area contributed by atoms with Crippen LogP contribution in [0.1, 0.15) is 10.4 Å². The highest BCUT2D eigenvalue weighted by Crippen LogP contribution is 2.14. The molecule has 0 aliphatic carbocycles. The molecule has 1 saturated heterocycles. The van der Waals surface area contributed by atoms with Gasteiger partial charge < -0.3 is 15.1 Å². The molecular weight excluding hydrogens is 342 g/mol. The lowest BCUT2D eigenvalue weighted by atomic mass is 10.2. The number of carbonyl (C=O) groups is 1. The maximum Gasteiger partial charge on any atom is 0.257 e. The number of anilines is 3. The Kier molecular flexibility index (Phi) is 4.86. The van der Waals surface area contributed by atoms with Gasteiger partial charge in [-0.05, 0) is 18.2 Å². The number of benzene rings is 1. The van der Waals surface area contributed by atoms with Crippen LogP contribution >= 0.6 is 0 Å². The first-order valence-electron chi connectivity index (χ1n) is 8.75. The molecule has 8 nitrogen and oxygen atoms in total. The monoisotopic (exact) mass is 361 g/mol. The van der Waals surface area contributed by atoms with Gasteiger partial charge in [0.25, 0.3) is 5.91 Å². The molecule has 0 spiro atoms. The SMILES string of the molecule is O=C(c1cnc(Nc2ccccc2)nc1)N1CCN(c2ncccn2)CC1. The summed E-state index contributed by atoms with van der Waals surface area (Å²) in [7, 11) is 0. The lowest BCUT2D eigenvalue weighted by Gasteiger charge is -2.34. The summed E-state index contributed by atoms with van der Waals surface area (Å²) in [6.07, 6.45) is 6.57. The van der Waals surface area contributed by atoms with Crippen molar-refractivity contribution in [1.29, 1.82) is 0 Å². The van der Waals surface area contributed by atoms with E-state index in [1.165, 1.54) is 0 Å². The molecule has 8 heteroatoms. The van der Waals surface area contributed by atoms with Crippen molar-refractivity contribution in [3.8, 4) is 0 Å². The van der Waals surface area contributed by atoms with Crippen molar-refractivity contribution >= 4 is 23.5 Å². The van der Waals surface area contributed by atoms with Crippen molar-refractivity contribution in [3.63, 3.8) is 0 Å². The Morgan fingerprint density at radius 3 is 2.19 bits per heavy atom. The van der Waals surface area contributed by atoms with Crippen molar-refractivity contribution in [2.75, 3.05) is 36.4 Å². The third-order valence-corrected chi connectivity index (χ3v) is 4.33. The van der Waals surface area contributed by atoms with Crippen LogP contribution in [0.25, 0.3) is 0 Å². The number of para-hydroxylation sites is 1. The number of aromatic nitrogens is 4. The zero-order valence-electron chi connectivity index (χ0n) is 14.7. The third-order valence-electron chi connectivity index (χ3n) is 4.33. The predicted molar refractivity (Wildman–Crippen MR) is 102 cm³/mol. The number of hydrogen-bond acceptors (Lipinski definition) is 7. The Morgan fingerprint density at radius 2 is 1.52 bits per heavy atom. The Hall–Kier alpha value is -3.55. The van der Waals surface area contributed by atoms with Gasteiger partial charge in [-0.1, -0.05) is 18.2 Å². The molecule has 1 fully saturated rings. The van der Waals surface area contributed by atoms with Gasteiger partial charge in [-0.3, -0.25) is 4.79 Å². The van der Waals surface area contributed by atoms with Crippen molar-refractivity contribution in [2.24, 2.45) is 0 Å². The quantitative estimate of drug-likeness (QED) is 0.760. The third kappa shape index (κ3) is 4.00. The minimum atomic E-state index is -0.0603. The number of carbonyl (C=O) groups excluding carboxylic acids is 1. The van der Waals surface area contributed by atoms with Crippen LogP contribution < -0.4 is 10.2 Å². The van der Waals surface area contributed by atoms with Crippen LogP contribution in [0.3, 0.4) is 0 Å². The Morgan fingerprint density at radius 1 is 0.852 bits per heavy atom. The van der Waals surface area contributed by atoms with Crippen LogP contribution in [-0.4, -0.2) is 56.9 Å². The smallest absolute Gasteiger partial charge is 0.257 e. The highest BCUT2D eigenvalue weighted by molar-refractivity contribution is 5.93. The van der Waals surface area contributed by atoms with Crippen LogP contribution in [0.5, 0.6) is 0 Å². The Balaban J connectivity index is 1.36. The molecule has 1 aliphatic rings. The second-order valence-corrected chi connectivity index (χ2v) is 6.11. The number of piperazine rings is 1. The molecule has 3 aromatic rings. The molecule has 0 saturated carbocycles. The first-order chi connectivity index (χ1) is 13.3. The van der Waals surface area contributed by atoms with Crippen molar-refractivity contribution in [2.45, 2.75) is 0 Å². The summed E-state index contributed by atoms with van der Waals surface area (Å²) in [5.74, 6) is 1.10. The zero-order chi connectivity index (χ0) is 18.5. The maximum atomic E-state index is 12.7. The van der Waals surface area contributed by atoms with Gasteiger partial charge >= 0.3 is 0 Å². The highest BCUT2D eigenvalue weighted by Gasteiger charge is 2.23. The van der Waals surface area contributed by atoms with Crippen LogP contribution in [0.2, 0.25) is 0 Å². The van der Waals surface area contributed by atoms with Crippen LogP contribution in [0, 0.1) is 0 Å². The number of amides is 1. The fourth-order valence-corrected chi connectivity index (χ4v) is 2.90. The normalized spacial score (nSPS) is 14.1. The first kappa shape index (κ1) is 16.9. The van der Waals surface area contributed by atoms with Crippen LogP contribution in [-0.2, 0) is 0 Å². The summed E-state index contributed by atoms with van der Waals surface area (Å²) in [6.45, 7) is 2.62. The van der Waals surface area contributed by atoms with E-state index in [2.05, 4.69) is 30.2 Å². The number of rotatable bonds is 4. The van der Waals surface area contributed by atoms with E-state index in [4.69, 9.17) is 0 Å². The van der Waals surface area contributed by atoms with E-state index >= 15 is 0 Å². The summed E-state index contributed by atoms with van der Waals surface area (Å²) in [4.78, 5) is 33.6. The summed E-state index contributed by atoms with van der Waals surface area (Å²) >= 11 is 0. The summed E-state index contributed by atoms with van der Waals surface area (Å²) < 4.78 is 0. The van der Waals surface area contributed by atoms with E-state index in [0.717, 1.165) is 5.69 Å². The summed E-state index contributed by atoms with van der Waals surface area (Å²) in [5, 5.41) is 3.11. The van der Waals surface area contributed by atoms with Crippen LogP contribution in [0.15, 0.2) is 61.2 Å². The molecule has 0 radical (unpaired) electrons. The zero-order valence-corrected chi connectivity index (χ0v) is 14.7. The topological polar surface area (TPSA) is 87.1 Å². The summed E-state index contributed by atoms with van der Waals surface area (Å²) in [5.41, 5.74) is 1.38. The van der Waals surface area contributed by atoms with E-state index < -0.39 is 0 Å². The molecule has 1 aliphatic heterocycles. The second-order valence-electron chi connectivity index (χ2n) is 6.11. The average molecular weight is 361 g/mol. The molecule has 0 bridgehead atoms. The molecule has 0 atom stereocenters. The minimum absolute atomic E-state index is 0.0603. The van der Waals surface area contributed by atoms with Gasteiger partial charge in [-0.15, -0.1) is 0 Å².